The Balaban J connectivity index is 1.86. The van der Waals surface area contributed by atoms with E-state index in [1.165, 1.54) is 37.9 Å². The fourth-order valence-electron chi connectivity index (χ4n) is 3.29. The lowest BCUT2D eigenvalue weighted by Crippen LogP contribution is -2.44. The number of rotatable bonds is 3. The summed E-state index contributed by atoms with van der Waals surface area (Å²) in [4.78, 5) is 2.54. The van der Waals surface area contributed by atoms with Crippen LogP contribution in [-0.2, 0) is 0 Å². The molecule has 1 saturated heterocycles. The van der Waals surface area contributed by atoms with Gasteiger partial charge in [0.1, 0.15) is 5.82 Å². The van der Waals surface area contributed by atoms with Crippen LogP contribution in [0.1, 0.15) is 32.1 Å². The molecule has 94 valence electrons. The van der Waals surface area contributed by atoms with Crippen LogP contribution in [0.3, 0.4) is 0 Å². The first-order chi connectivity index (χ1) is 8.40. The van der Waals surface area contributed by atoms with Crippen LogP contribution in [0.5, 0.6) is 0 Å². The highest BCUT2D eigenvalue weighted by molar-refractivity contribution is 5.39. The lowest BCUT2D eigenvalue weighted by Gasteiger charge is -2.35. The van der Waals surface area contributed by atoms with E-state index in [9.17, 15) is 0 Å². The minimum Gasteiger partial charge on any atom is -0.353 e. The SMILES string of the molecule is NC[C@H]1CCCCN(c2ccn[nH]2)[C@@H]1C1CC1. The smallest absolute Gasteiger partial charge is 0.124 e. The molecule has 1 aromatic heterocycles. The molecule has 0 bridgehead atoms. The van der Waals surface area contributed by atoms with E-state index in [2.05, 4.69) is 21.2 Å². The van der Waals surface area contributed by atoms with Gasteiger partial charge < -0.3 is 10.6 Å². The molecule has 0 aromatic carbocycles. The molecule has 2 fully saturated rings. The second-order valence-corrected chi connectivity index (χ2v) is 5.45. The Bertz CT molecular complexity index is 344. The number of aromatic nitrogens is 2. The maximum absolute atomic E-state index is 5.99. The normalized spacial score (nSPS) is 30.3. The van der Waals surface area contributed by atoms with Crippen LogP contribution >= 0.6 is 0 Å². The molecule has 2 heterocycles. The van der Waals surface area contributed by atoms with Gasteiger partial charge in [-0.1, -0.05) is 6.42 Å². The van der Waals surface area contributed by atoms with E-state index < -0.39 is 0 Å². The van der Waals surface area contributed by atoms with Gasteiger partial charge in [-0.15, -0.1) is 0 Å². The number of hydrogen-bond acceptors (Lipinski definition) is 3. The summed E-state index contributed by atoms with van der Waals surface area (Å²) in [6.07, 6.45) is 8.50. The monoisotopic (exact) mass is 234 g/mol. The van der Waals surface area contributed by atoms with Gasteiger partial charge >= 0.3 is 0 Å². The largest absolute Gasteiger partial charge is 0.353 e. The average Bonchev–Trinajstić information content (AvgIpc) is 3.08. The topological polar surface area (TPSA) is 57.9 Å². The van der Waals surface area contributed by atoms with Crippen molar-refractivity contribution in [2.75, 3.05) is 18.0 Å². The molecule has 0 amide bonds. The molecule has 1 aliphatic carbocycles. The lowest BCUT2D eigenvalue weighted by atomic mass is 9.91. The quantitative estimate of drug-likeness (QED) is 0.837. The summed E-state index contributed by atoms with van der Waals surface area (Å²) >= 11 is 0. The van der Waals surface area contributed by atoms with Crippen molar-refractivity contribution in [1.82, 2.24) is 10.2 Å². The molecule has 4 heteroatoms. The van der Waals surface area contributed by atoms with E-state index in [-0.39, 0.29) is 0 Å². The molecule has 1 aromatic rings. The summed E-state index contributed by atoms with van der Waals surface area (Å²) in [7, 11) is 0. The first-order valence-electron chi connectivity index (χ1n) is 6.86. The predicted octanol–water partition coefficient (Wildman–Crippen LogP) is 1.75. The molecule has 3 rings (SSSR count). The van der Waals surface area contributed by atoms with Crippen molar-refractivity contribution >= 4 is 5.82 Å². The molecule has 2 aliphatic rings. The molecule has 1 aliphatic heterocycles. The van der Waals surface area contributed by atoms with Gasteiger partial charge in [-0.3, -0.25) is 5.10 Å². The van der Waals surface area contributed by atoms with Crippen molar-refractivity contribution < 1.29 is 0 Å². The number of hydrogen-bond donors (Lipinski definition) is 2. The maximum atomic E-state index is 5.99. The van der Waals surface area contributed by atoms with E-state index in [0.717, 1.165) is 19.0 Å². The van der Waals surface area contributed by atoms with Crippen molar-refractivity contribution in [3.8, 4) is 0 Å². The lowest BCUT2D eigenvalue weighted by molar-refractivity contribution is 0.367. The molecular formula is C13H22N4. The molecule has 1 saturated carbocycles. The van der Waals surface area contributed by atoms with Gasteiger partial charge in [0.2, 0.25) is 0 Å². The summed E-state index contributed by atoms with van der Waals surface area (Å²) in [5.41, 5.74) is 5.99. The number of nitrogens with two attached hydrogens (primary N) is 1. The molecule has 4 nitrogen and oxygen atoms in total. The molecule has 0 unspecified atom stereocenters. The highest BCUT2D eigenvalue weighted by atomic mass is 15.3. The molecule has 2 atom stereocenters. The van der Waals surface area contributed by atoms with Gasteiger partial charge in [0.05, 0.1) is 6.20 Å². The predicted molar refractivity (Wildman–Crippen MR) is 68.8 cm³/mol. The van der Waals surface area contributed by atoms with Crippen LogP contribution in [0.25, 0.3) is 0 Å². The zero-order chi connectivity index (χ0) is 11.7. The Morgan fingerprint density at radius 2 is 2.24 bits per heavy atom. The second-order valence-electron chi connectivity index (χ2n) is 5.45. The van der Waals surface area contributed by atoms with Gasteiger partial charge in [-0.25, -0.2) is 0 Å². The number of nitrogens with zero attached hydrogens (tertiary/aromatic N) is 2. The molecule has 17 heavy (non-hydrogen) atoms. The van der Waals surface area contributed by atoms with Crippen molar-refractivity contribution in [1.29, 1.82) is 0 Å². The summed E-state index contributed by atoms with van der Waals surface area (Å²) in [6.45, 7) is 1.98. The Hall–Kier alpha value is -1.03. The van der Waals surface area contributed by atoms with Gasteiger partial charge in [0, 0.05) is 18.7 Å². The fourth-order valence-corrected chi connectivity index (χ4v) is 3.29. The van der Waals surface area contributed by atoms with E-state index in [1.54, 1.807) is 0 Å². The van der Waals surface area contributed by atoms with Gasteiger partial charge in [0.25, 0.3) is 0 Å². The third-order valence-corrected chi connectivity index (χ3v) is 4.27. The van der Waals surface area contributed by atoms with E-state index in [0.29, 0.717) is 12.0 Å². The highest BCUT2D eigenvalue weighted by Gasteiger charge is 2.41. The van der Waals surface area contributed by atoms with Gasteiger partial charge in [0.15, 0.2) is 0 Å². The number of nitrogens with one attached hydrogen (secondary N) is 1. The second kappa shape index (κ2) is 4.69. The van der Waals surface area contributed by atoms with Crippen LogP contribution in [-0.4, -0.2) is 29.3 Å². The standard InChI is InChI=1S/C13H22N4/c14-9-11-3-1-2-8-17(12-6-7-15-16-12)13(11)10-4-5-10/h6-7,10-11,13H,1-5,8-9,14H2,(H,15,16)/t11-,13-/m1/s1. The molecule has 3 N–H and O–H groups in total. The fraction of sp³-hybridized carbons (Fsp3) is 0.769. The van der Waals surface area contributed by atoms with Crippen molar-refractivity contribution in [2.24, 2.45) is 17.6 Å². The van der Waals surface area contributed by atoms with Crippen LogP contribution < -0.4 is 10.6 Å². The Morgan fingerprint density at radius 1 is 1.35 bits per heavy atom. The Labute approximate surface area is 103 Å². The van der Waals surface area contributed by atoms with E-state index in [1.807, 2.05) is 6.20 Å². The van der Waals surface area contributed by atoms with Crippen LogP contribution in [0.2, 0.25) is 0 Å². The zero-order valence-corrected chi connectivity index (χ0v) is 10.3. The van der Waals surface area contributed by atoms with Crippen molar-refractivity contribution in [3.63, 3.8) is 0 Å². The number of anilines is 1. The third kappa shape index (κ3) is 2.18. The first-order valence-corrected chi connectivity index (χ1v) is 6.86. The third-order valence-electron chi connectivity index (χ3n) is 4.27. The van der Waals surface area contributed by atoms with E-state index >= 15 is 0 Å². The summed E-state index contributed by atoms with van der Waals surface area (Å²) in [6, 6.07) is 2.73. The van der Waals surface area contributed by atoms with Crippen LogP contribution in [0, 0.1) is 11.8 Å². The summed E-state index contributed by atoms with van der Waals surface area (Å²) in [5.74, 6) is 2.71. The zero-order valence-electron chi connectivity index (χ0n) is 10.3. The minimum atomic E-state index is 0.642. The summed E-state index contributed by atoms with van der Waals surface area (Å²) in [5, 5.41) is 7.22. The van der Waals surface area contributed by atoms with E-state index in [4.69, 9.17) is 5.73 Å². The maximum Gasteiger partial charge on any atom is 0.124 e. The molecular weight excluding hydrogens is 212 g/mol. The molecule has 0 spiro atoms. The highest BCUT2D eigenvalue weighted by Crippen LogP contribution is 2.42. The van der Waals surface area contributed by atoms with Crippen LogP contribution in [0.4, 0.5) is 5.82 Å². The van der Waals surface area contributed by atoms with Gasteiger partial charge in [-0.05, 0) is 44.1 Å². The average molecular weight is 234 g/mol. The Kier molecular flexibility index (Phi) is 3.05. The van der Waals surface area contributed by atoms with Crippen LogP contribution in [0.15, 0.2) is 12.3 Å². The van der Waals surface area contributed by atoms with Crippen molar-refractivity contribution in [2.45, 2.75) is 38.1 Å². The number of H-pyrrole nitrogens is 1. The molecule has 0 radical (unpaired) electrons. The van der Waals surface area contributed by atoms with Crippen molar-refractivity contribution in [3.05, 3.63) is 12.3 Å². The van der Waals surface area contributed by atoms with Gasteiger partial charge in [-0.2, -0.15) is 5.10 Å². The summed E-state index contributed by atoms with van der Waals surface area (Å²) < 4.78 is 0. The number of aromatic amines is 1. The Morgan fingerprint density at radius 3 is 2.88 bits per heavy atom. The minimum absolute atomic E-state index is 0.642. The first kappa shape index (κ1) is 11.1.